The molecule has 76 valence electrons. The Labute approximate surface area is 80.3 Å². The molecule has 0 unspecified atom stereocenters. The van der Waals surface area contributed by atoms with E-state index in [1.165, 1.54) is 12.2 Å². The maximum atomic E-state index is 11.3. The van der Waals surface area contributed by atoms with Crippen molar-refractivity contribution in [3.63, 3.8) is 0 Å². The van der Waals surface area contributed by atoms with E-state index in [0.717, 1.165) is 12.8 Å². The van der Waals surface area contributed by atoms with E-state index < -0.39 is 0 Å². The van der Waals surface area contributed by atoms with Crippen molar-refractivity contribution in [2.75, 3.05) is 14.2 Å². The summed E-state index contributed by atoms with van der Waals surface area (Å²) >= 11 is 0. The van der Waals surface area contributed by atoms with Crippen LogP contribution in [0.15, 0.2) is 12.7 Å². The van der Waals surface area contributed by atoms with Gasteiger partial charge in [-0.15, -0.1) is 6.58 Å². The fraction of sp³-hybridized carbons (Fsp3) is 0.700. The molecule has 0 bridgehead atoms. The first-order valence-electron chi connectivity index (χ1n) is 4.58. The minimum atomic E-state index is 0.0165. The Morgan fingerprint density at radius 3 is 2.69 bits per heavy atom. The lowest BCUT2D eigenvalue weighted by molar-refractivity contribution is -0.168. The highest BCUT2D eigenvalue weighted by Gasteiger charge is 2.09. The predicted molar refractivity (Wildman–Crippen MR) is 53.0 cm³/mol. The molecule has 0 radical (unpaired) electrons. The Balaban J connectivity index is 3.74. The fourth-order valence-electron chi connectivity index (χ4n) is 1.06. The monoisotopic (exact) mass is 185 g/mol. The molecule has 3 heteroatoms. The number of allylic oxidation sites excluding steroid dienone is 1. The van der Waals surface area contributed by atoms with Crippen LogP contribution in [-0.4, -0.2) is 25.1 Å². The molecule has 0 N–H and O–H groups in total. The lowest BCUT2D eigenvalue weighted by Gasteiger charge is -2.15. The van der Waals surface area contributed by atoms with Crippen LogP contribution < -0.4 is 0 Å². The van der Waals surface area contributed by atoms with Crippen molar-refractivity contribution in [3.8, 4) is 0 Å². The zero-order chi connectivity index (χ0) is 10.3. The highest BCUT2D eigenvalue weighted by molar-refractivity contribution is 5.74. The third-order valence-corrected chi connectivity index (χ3v) is 2.21. The van der Waals surface area contributed by atoms with Crippen LogP contribution in [0.5, 0.6) is 0 Å². The molecule has 0 aromatic heterocycles. The normalized spacial score (nSPS) is 12.2. The Morgan fingerprint density at radius 2 is 2.31 bits per heavy atom. The van der Waals surface area contributed by atoms with Crippen molar-refractivity contribution in [3.05, 3.63) is 12.7 Å². The first-order chi connectivity index (χ1) is 6.15. The largest absolute Gasteiger partial charge is 0.275 e. The number of rotatable bonds is 6. The molecule has 1 amide bonds. The lowest BCUT2D eigenvalue weighted by atomic mass is 10.0. The van der Waals surface area contributed by atoms with Gasteiger partial charge in [-0.2, -0.15) is 0 Å². The van der Waals surface area contributed by atoms with E-state index in [-0.39, 0.29) is 5.91 Å². The van der Waals surface area contributed by atoms with Crippen LogP contribution in [0, 0.1) is 5.92 Å². The number of amides is 1. The fourth-order valence-corrected chi connectivity index (χ4v) is 1.06. The third kappa shape index (κ3) is 4.68. The summed E-state index contributed by atoms with van der Waals surface area (Å²) < 4.78 is 0. The molecule has 0 aliphatic heterocycles. The van der Waals surface area contributed by atoms with Crippen molar-refractivity contribution in [2.45, 2.75) is 26.2 Å². The number of hydrogen-bond acceptors (Lipinski definition) is 2. The summed E-state index contributed by atoms with van der Waals surface area (Å²) in [6.07, 6.45) is 4.31. The summed E-state index contributed by atoms with van der Waals surface area (Å²) in [6.45, 7) is 5.81. The average Bonchev–Trinajstić information content (AvgIpc) is 2.17. The molecule has 0 rings (SSSR count). The van der Waals surface area contributed by atoms with E-state index in [1.54, 1.807) is 7.05 Å². The highest BCUT2D eigenvalue weighted by Crippen LogP contribution is 2.12. The second kappa shape index (κ2) is 6.66. The van der Waals surface area contributed by atoms with Gasteiger partial charge in [0.2, 0.25) is 5.91 Å². The standard InChI is InChI=1S/C10H19NO2/c1-5-9(6-2)7-8-10(12)11(3)13-4/h5,9H,1,6-8H2,2-4H3/t9-/m0/s1. The first kappa shape index (κ1) is 12.2. The second-order valence-corrected chi connectivity index (χ2v) is 3.02. The Kier molecular flexibility index (Phi) is 6.24. The Hall–Kier alpha value is -0.830. The Morgan fingerprint density at radius 1 is 1.69 bits per heavy atom. The van der Waals surface area contributed by atoms with Crippen LogP contribution >= 0.6 is 0 Å². The number of nitrogens with zero attached hydrogens (tertiary/aromatic N) is 1. The van der Waals surface area contributed by atoms with Crippen LogP contribution in [0.1, 0.15) is 26.2 Å². The van der Waals surface area contributed by atoms with E-state index in [1.807, 2.05) is 6.08 Å². The average molecular weight is 185 g/mol. The zero-order valence-electron chi connectivity index (χ0n) is 8.75. The van der Waals surface area contributed by atoms with Crippen LogP contribution in [0.3, 0.4) is 0 Å². The third-order valence-electron chi connectivity index (χ3n) is 2.21. The molecule has 0 heterocycles. The minimum absolute atomic E-state index is 0.0165. The Bertz CT molecular complexity index is 168. The SMILES string of the molecule is C=C[C@@H](CC)CCC(=O)N(C)OC. The second-order valence-electron chi connectivity index (χ2n) is 3.02. The van der Waals surface area contributed by atoms with Gasteiger partial charge in [-0.25, -0.2) is 5.06 Å². The smallest absolute Gasteiger partial charge is 0.245 e. The molecule has 13 heavy (non-hydrogen) atoms. The van der Waals surface area contributed by atoms with Gasteiger partial charge in [0.05, 0.1) is 7.11 Å². The van der Waals surface area contributed by atoms with E-state index in [0.29, 0.717) is 12.3 Å². The molecule has 0 saturated carbocycles. The quantitative estimate of drug-likeness (QED) is 0.468. The van der Waals surface area contributed by atoms with Gasteiger partial charge < -0.3 is 0 Å². The summed E-state index contributed by atoms with van der Waals surface area (Å²) in [4.78, 5) is 16.0. The van der Waals surface area contributed by atoms with Crippen LogP contribution in [0.2, 0.25) is 0 Å². The van der Waals surface area contributed by atoms with Gasteiger partial charge >= 0.3 is 0 Å². The summed E-state index contributed by atoms with van der Waals surface area (Å²) in [6, 6.07) is 0. The molecule has 1 atom stereocenters. The molecule has 0 spiro atoms. The maximum Gasteiger partial charge on any atom is 0.245 e. The van der Waals surface area contributed by atoms with Gasteiger partial charge in [0, 0.05) is 13.5 Å². The topological polar surface area (TPSA) is 29.5 Å². The van der Waals surface area contributed by atoms with Crippen molar-refractivity contribution in [2.24, 2.45) is 5.92 Å². The van der Waals surface area contributed by atoms with Crippen molar-refractivity contribution < 1.29 is 9.63 Å². The highest BCUT2D eigenvalue weighted by atomic mass is 16.7. The minimum Gasteiger partial charge on any atom is -0.275 e. The van der Waals surface area contributed by atoms with Gasteiger partial charge in [0.15, 0.2) is 0 Å². The zero-order valence-corrected chi connectivity index (χ0v) is 8.75. The molecule has 3 nitrogen and oxygen atoms in total. The van der Waals surface area contributed by atoms with Gasteiger partial charge in [-0.1, -0.05) is 13.0 Å². The molecule has 0 aromatic rings. The number of carbonyl (C=O) groups is 1. The van der Waals surface area contributed by atoms with E-state index in [9.17, 15) is 4.79 Å². The molecule has 0 aliphatic carbocycles. The van der Waals surface area contributed by atoms with Crippen LogP contribution in [0.25, 0.3) is 0 Å². The number of carbonyl (C=O) groups excluding carboxylic acids is 1. The van der Waals surface area contributed by atoms with Gasteiger partial charge in [0.25, 0.3) is 0 Å². The van der Waals surface area contributed by atoms with Crippen LogP contribution in [-0.2, 0) is 9.63 Å². The summed E-state index contributed by atoms with van der Waals surface area (Å²) in [7, 11) is 3.11. The first-order valence-corrected chi connectivity index (χ1v) is 4.58. The van der Waals surface area contributed by atoms with Crippen molar-refractivity contribution >= 4 is 5.91 Å². The van der Waals surface area contributed by atoms with Crippen molar-refractivity contribution in [1.82, 2.24) is 5.06 Å². The van der Waals surface area contributed by atoms with Crippen LogP contribution in [0.4, 0.5) is 0 Å². The van der Waals surface area contributed by atoms with Crippen molar-refractivity contribution in [1.29, 1.82) is 0 Å². The lowest BCUT2D eigenvalue weighted by Crippen LogP contribution is -2.25. The summed E-state index contributed by atoms with van der Waals surface area (Å²) in [5, 5.41) is 1.26. The molecular formula is C10H19NO2. The van der Waals surface area contributed by atoms with Gasteiger partial charge in [-0.05, 0) is 18.8 Å². The molecule has 0 aliphatic rings. The molecule has 0 saturated heterocycles. The summed E-state index contributed by atoms with van der Waals surface area (Å²) in [5.41, 5.74) is 0. The van der Waals surface area contributed by atoms with E-state index in [4.69, 9.17) is 4.84 Å². The molecule has 0 aromatic carbocycles. The maximum absolute atomic E-state index is 11.3. The number of hydrogen-bond donors (Lipinski definition) is 0. The van der Waals surface area contributed by atoms with E-state index >= 15 is 0 Å². The predicted octanol–water partition coefficient (Wildman–Crippen LogP) is 2.00. The van der Waals surface area contributed by atoms with E-state index in [2.05, 4.69) is 13.5 Å². The molecule has 0 fully saturated rings. The van der Waals surface area contributed by atoms with Gasteiger partial charge in [0.1, 0.15) is 0 Å². The van der Waals surface area contributed by atoms with Gasteiger partial charge in [-0.3, -0.25) is 9.63 Å². The number of hydroxylamine groups is 2. The summed E-state index contributed by atoms with van der Waals surface area (Å²) in [5.74, 6) is 0.456. The molecular weight excluding hydrogens is 166 g/mol.